The first kappa shape index (κ1) is 23.1. The van der Waals surface area contributed by atoms with Crippen LogP contribution in [0, 0.1) is 0 Å². The predicted octanol–water partition coefficient (Wildman–Crippen LogP) is 2.08. The average molecular weight is 408 g/mol. The van der Waals surface area contributed by atoms with Crippen LogP contribution >= 0.6 is 0 Å². The highest BCUT2D eigenvalue weighted by molar-refractivity contribution is 5.89. The molecule has 2 N–H and O–H groups in total. The maximum absolute atomic E-state index is 12.4. The molecular formula is C21H33N3O5. The maximum atomic E-state index is 12.4. The van der Waals surface area contributed by atoms with Crippen LogP contribution in [0.5, 0.6) is 0 Å². The number of benzene rings is 1. The van der Waals surface area contributed by atoms with Crippen LogP contribution in [0.25, 0.3) is 0 Å². The minimum absolute atomic E-state index is 0.137. The molecule has 162 valence electrons. The molecule has 0 bridgehead atoms. The third kappa shape index (κ3) is 8.39. The van der Waals surface area contributed by atoms with E-state index in [-0.39, 0.29) is 31.2 Å². The Hall–Kier alpha value is -2.16. The first-order chi connectivity index (χ1) is 13.8. The van der Waals surface area contributed by atoms with Crippen molar-refractivity contribution >= 4 is 17.6 Å². The molecule has 8 nitrogen and oxygen atoms in total. The number of amides is 3. The van der Waals surface area contributed by atoms with Gasteiger partial charge in [0.05, 0.1) is 38.6 Å². The molecule has 1 aromatic carbocycles. The molecule has 1 heterocycles. The molecular weight excluding hydrogens is 374 g/mol. The standard InChI is InChI=1S/C21H33N3O5/c1-16(2)29-11-10-28-15-19(25)14-23(3)21(27)22-18-7-4-6-17(12-18)13-24-9-5-8-20(24)26/h4,6-7,12,16,19,25H,5,8-11,13-15H2,1-3H3,(H,22,27). The number of nitrogens with zero attached hydrogens (tertiary/aromatic N) is 2. The van der Waals surface area contributed by atoms with E-state index in [9.17, 15) is 14.7 Å². The van der Waals surface area contributed by atoms with Gasteiger partial charge in [0.15, 0.2) is 0 Å². The Kier molecular flexibility index (Phi) is 9.37. The van der Waals surface area contributed by atoms with Crippen molar-refractivity contribution < 1.29 is 24.2 Å². The molecule has 29 heavy (non-hydrogen) atoms. The molecule has 1 saturated heterocycles. The molecule has 1 atom stereocenters. The second-order valence-electron chi connectivity index (χ2n) is 7.58. The van der Waals surface area contributed by atoms with Crippen LogP contribution in [0.1, 0.15) is 32.3 Å². The molecule has 2 rings (SSSR count). The zero-order valence-corrected chi connectivity index (χ0v) is 17.6. The van der Waals surface area contributed by atoms with E-state index in [1.165, 1.54) is 4.90 Å². The van der Waals surface area contributed by atoms with Gasteiger partial charge < -0.3 is 29.7 Å². The van der Waals surface area contributed by atoms with Crippen molar-refractivity contribution in [2.45, 2.75) is 45.4 Å². The second kappa shape index (κ2) is 11.7. The van der Waals surface area contributed by atoms with Crippen LogP contribution in [-0.2, 0) is 20.8 Å². The van der Waals surface area contributed by atoms with Gasteiger partial charge in [-0.25, -0.2) is 4.79 Å². The lowest BCUT2D eigenvalue weighted by molar-refractivity contribution is -0.128. The van der Waals surface area contributed by atoms with E-state index in [0.29, 0.717) is 31.9 Å². The smallest absolute Gasteiger partial charge is 0.321 e. The van der Waals surface area contributed by atoms with Gasteiger partial charge in [-0.15, -0.1) is 0 Å². The predicted molar refractivity (Wildman–Crippen MR) is 111 cm³/mol. The Balaban J connectivity index is 1.74. The van der Waals surface area contributed by atoms with Crippen molar-refractivity contribution in [2.75, 3.05) is 45.3 Å². The Bertz CT molecular complexity index is 667. The topological polar surface area (TPSA) is 91.3 Å². The molecule has 8 heteroatoms. The lowest BCUT2D eigenvalue weighted by Gasteiger charge is -2.22. The molecule has 0 aliphatic carbocycles. The van der Waals surface area contributed by atoms with Gasteiger partial charge in [-0.2, -0.15) is 0 Å². The van der Waals surface area contributed by atoms with E-state index < -0.39 is 6.10 Å². The Morgan fingerprint density at radius 2 is 2.14 bits per heavy atom. The lowest BCUT2D eigenvalue weighted by atomic mass is 10.2. The summed E-state index contributed by atoms with van der Waals surface area (Å²) in [6.45, 7) is 6.39. The summed E-state index contributed by atoms with van der Waals surface area (Å²) in [6.07, 6.45) is 0.875. The van der Waals surface area contributed by atoms with Gasteiger partial charge >= 0.3 is 6.03 Å². The number of likely N-dealkylation sites (tertiary alicyclic amines) is 1. The summed E-state index contributed by atoms with van der Waals surface area (Å²) in [7, 11) is 1.62. The minimum Gasteiger partial charge on any atom is -0.389 e. The van der Waals surface area contributed by atoms with Crippen molar-refractivity contribution in [3.8, 4) is 0 Å². The highest BCUT2D eigenvalue weighted by Gasteiger charge is 2.20. The summed E-state index contributed by atoms with van der Waals surface area (Å²) in [5.74, 6) is 0.172. The Morgan fingerprint density at radius 3 is 2.83 bits per heavy atom. The first-order valence-electron chi connectivity index (χ1n) is 10.1. The SMILES string of the molecule is CC(C)OCCOCC(O)CN(C)C(=O)Nc1cccc(CN2CCCC2=O)c1. The fraction of sp³-hybridized carbons (Fsp3) is 0.619. The number of ether oxygens (including phenoxy) is 2. The van der Waals surface area contributed by atoms with Gasteiger partial charge in [0, 0.05) is 32.2 Å². The maximum Gasteiger partial charge on any atom is 0.321 e. The quantitative estimate of drug-likeness (QED) is 0.548. The molecule has 0 radical (unpaired) electrons. The summed E-state index contributed by atoms with van der Waals surface area (Å²) in [4.78, 5) is 27.4. The van der Waals surface area contributed by atoms with Crippen molar-refractivity contribution in [3.05, 3.63) is 29.8 Å². The van der Waals surface area contributed by atoms with Gasteiger partial charge in [-0.3, -0.25) is 4.79 Å². The normalized spacial score (nSPS) is 15.1. The van der Waals surface area contributed by atoms with Crippen molar-refractivity contribution in [3.63, 3.8) is 0 Å². The van der Waals surface area contributed by atoms with Gasteiger partial charge in [0.25, 0.3) is 0 Å². The number of urea groups is 1. The number of aliphatic hydroxyl groups is 1. The summed E-state index contributed by atoms with van der Waals surface area (Å²) >= 11 is 0. The van der Waals surface area contributed by atoms with Gasteiger partial charge in [-0.1, -0.05) is 12.1 Å². The van der Waals surface area contributed by atoms with Crippen molar-refractivity contribution in [2.24, 2.45) is 0 Å². The molecule has 1 fully saturated rings. The highest BCUT2D eigenvalue weighted by Crippen LogP contribution is 2.17. The lowest BCUT2D eigenvalue weighted by Crippen LogP contribution is -2.39. The summed E-state index contributed by atoms with van der Waals surface area (Å²) in [5.41, 5.74) is 1.63. The summed E-state index contributed by atoms with van der Waals surface area (Å²) in [6, 6.07) is 7.14. The molecule has 0 saturated carbocycles. The van der Waals surface area contributed by atoms with Crippen LogP contribution in [0.2, 0.25) is 0 Å². The fourth-order valence-electron chi connectivity index (χ4n) is 3.07. The van der Waals surface area contributed by atoms with E-state index in [0.717, 1.165) is 18.5 Å². The molecule has 1 aliphatic rings. The van der Waals surface area contributed by atoms with Gasteiger partial charge in [0.1, 0.15) is 0 Å². The minimum atomic E-state index is -0.780. The number of likely N-dealkylation sites (N-methyl/N-ethyl adjacent to an activating group) is 1. The zero-order chi connectivity index (χ0) is 21.2. The van der Waals surface area contributed by atoms with E-state index >= 15 is 0 Å². The fourth-order valence-corrected chi connectivity index (χ4v) is 3.07. The highest BCUT2D eigenvalue weighted by atomic mass is 16.5. The Morgan fingerprint density at radius 1 is 1.34 bits per heavy atom. The molecule has 1 unspecified atom stereocenters. The number of carbonyl (C=O) groups excluding carboxylic acids is 2. The number of carbonyl (C=O) groups is 2. The molecule has 1 aromatic rings. The first-order valence-corrected chi connectivity index (χ1v) is 10.1. The van der Waals surface area contributed by atoms with E-state index in [2.05, 4.69) is 5.32 Å². The van der Waals surface area contributed by atoms with E-state index in [1.54, 1.807) is 13.1 Å². The van der Waals surface area contributed by atoms with Crippen LogP contribution in [0.3, 0.4) is 0 Å². The number of rotatable bonds is 11. The van der Waals surface area contributed by atoms with E-state index in [4.69, 9.17) is 9.47 Å². The van der Waals surface area contributed by atoms with Gasteiger partial charge in [0.2, 0.25) is 5.91 Å². The summed E-state index contributed by atoms with van der Waals surface area (Å²) in [5, 5.41) is 12.9. The van der Waals surface area contributed by atoms with E-state index in [1.807, 2.05) is 36.9 Å². The van der Waals surface area contributed by atoms with Crippen LogP contribution < -0.4 is 5.32 Å². The third-order valence-electron chi connectivity index (χ3n) is 4.54. The van der Waals surface area contributed by atoms with Crippen LogP contribution in [-0.4, -0.2) is 79.0 Å². The number of anilines is 1. The van der Waals surface area contributed by atoms with Crippen molar-refractivity contribution in [1.29, 1.82) is 0 Å². The number of nitrogens with one attached hydrogen (secondary N) is 1. The van der Waals surface area contributed by atoms with Crippen molar-refractivity contribution in [1.82, 2.24) is 9.80 Å². The number of hydrogen-bond donors (Lipinski definition) is 2. The second-order valence-corrected chi connectivity index (χ2v) is 7.58. The summed E-state index contributed by atoms with van der Waals surface area (Å²) < 4.78 is 10.7. The largest absolute Gasteiger partial charge is 0.389 e. The molecule has 0 aromatic heterocycles. The Labute approximate surface area is 172 Å². The molecule has 1 aliphatic heterocycles. The average Bonchev–Trinajstić information content (AvgIpc) is 3.06. The number of aliphatic hydroxyl groups excluding tert-OH is 1. The molecule has 0 spiro atoms. The van der Waals surface area contributed by atoms with Gasteiger partial charge in [-0.05, 0) is 38.0 Å². The number of hydrogen-bond acceptors (Lipinski definition) is 5. The molecule has 3 amide bonds. The zero-order valence-electron chi connectivity index (χ0n) is 17.6. The monoisotopic (exact) mass is 407 g/mol. The third-order valence-corrected chi connectivity index (χ3v) is 4.54. The van der Waals surface area contributed by atoms with Crippen LogP contribution in [0.4, 0.5) is 10.5 Å². The van der Waals surface area contributed by atoms with Crippen LogP contribution in [0.15, 0.2) is 24.3 Å².